The molecule has 12 atom stereocenters. The maximum Gasteiger partial charge on any atom is 0.165 e. The first-order valence-corrected chi connectivity index (χ1v) is 13.5. The van der Waals surface area contributed by atoms with Gasteiger partial charge in [-0.3, -0.25) is 0 Å². The highest BCUT2D eigenvalue weighted by Gasteiger charge is 2.87. The molecule has 0 amide bonds. The quantitative estimate of drug-likeness (QED) is 0.478. The van der Waals surface area contributed by atoms with Gasteiger partial charge in [0.25, 0.3) is 0 Å². The van der Waals surface area contributed by atoms with E-state index in [1.807, 2.05) is 0 Å². The van der Waals surface area contributed by atoms with Gasteiger partial charge >= 0.3 is 0 Å². The highest BCUT2D eigenvalue weighted by molar-refractivity contribution is 5.33. The molecule has 0 aromatic heterocycles. The van der Waals surface area contributed by atoms with Crippen molar-refractivity contribution in [2.24, 2.45) is 40.4 Å². The fraction of sp³-hybridized carbons (Fsp3) is 0.929. The number of epoxide rings is 1. The molecule has 3 heterocycles. The molecule has 4 heteroatoms. The Hall–Kier alpha value is -0.420. The molecule has 1 unspecified atom stereocenters. The summed E-state index contributed by atoms with van der Waals surface area (Å²) in [4.78, 5) is 0. The summed E-state index contributed by atoms with van der Waals surface area (Å²) in [6.07, 6.45) is 10.5. The molecule has 3 aliphatic heterocycles. The van der Waals surface area contributed by atoms with Crippen molar-refractivity contribution in [2.45, 2.75) is 121 Å². The molecule has 7 rings (SSSR count). The van der Waals surface area contributed by atoms with Gasteiger partial charge in [-0.25, -0.2) is 0 Å². The molecule has 4 saturated carbocycles. The number of ether oxygens (including phenoxy) is 3. The Morgan fingerprint density at radius 3 is 2.66 bits per heavy atom. The topological polar surface area (TPSA) is 51.2 Å². The Morgan fingerprint density at radius 2 is 1.88 bits per heavy atom. The van der Waals surface area contributed by atoms with Crippen LogP contribution in [0.5, 0.6) is 0 Å². The summed E-state index contributed by atoms with van der Waals surface area (Å²) in [6.45, 7) is 13.7. The van der Waals surface area contributed by atoms with E-state index >= 15 is 0 Å². The molecule has 4 nitrogen and oxygen atoms in total. The molecule has 7 aliphatic rings. The Labute approximate surface area is 193 Å². The molecule has 32 heavy (non-hydrogen) atoms. The van der Waals surface area contributed by atoms with E-state index < -0.39 is 0 Å². The number of hydrogen-bond donors (Lipinski definition) is 1. The van der Waals surface area contributed by atoms with Gasteiger partial charge in [0.1, 0.15) is 5.60 Å². The molecular weight excluding hydrogens is 400 g/mol. The van der Waals surface area contributed by atoms with E-state index in [9.17, 15) is 5.11 Å². The fourth-order valence-corrected chi connectivity index (χ4v) is 10.4. The van der Waals surface area contributed by atoms with E-state index in [2.05, 4.69) is 34.3 Å². The van der Waals surface area contributed by atoms with Crippen LogP contribution in [0, 0.1) is 40.4 Å². The summed E-state index contributed by atoms with van der Waals surface area (Å²) in [5.41, 5.74) is 1.73. The Morgan fingerprint density at radius 1 is 1.06 bits per heavy atom. The van der Waals surface area contributed by atoms with Gasteiger partial charge in [-0.1, -0.05) is 32.9 Å². The van der Waals surface area contributed by atoms with E-state index in [0.717, 1.165) is 44.9 Å². The van der Waals surface area contributed by atoms with Crippen LogP contribution in [0.2, 0.25) is 0 Å². The van der Waals surface area contributed by atoms with Crippen molar-refractivity contribution in [3.05, 3.63) is 12.2 Å². The fourth-order valence-electron chi connectivity index (χ4n) is 10.4. The number of aliphatic hydroxyl groups is 1. The third-order valence-electron chi connectivity index (χ3n) is 12.2. The lowest BCUT2D eigenvalue weighted by Crippen LogP contribution is -2.60. The van der Waals surface area contributed by atoms with E-state index in [1.165, 1.54) is 18.4 Å². The lowest BCUT2D eigenvalue weighted by Gasteiger charge is -2.58. The van der Waals surface area contributed by atoms with Gasteiger partial charge in [-0.2, -0.15) is 0 Å². The molecule has 0 radical (unpaired) electrons. The second-order valence-electron chi connectivity index (χ2n) is 13.5. The smallest absolute Gasteiger partial charge is 0.165 e. The van der Waals surface area contributed by atoms with E-state index in [1.54, 1.807) is 0 Å². The van der Waals surface area contributed by atoms with Crippen LogP contribution < -0.4 is 0 Å². The summed E-state index contributed by atoms with van der Waals surface area (Å²) < 4.78 is 20.4. The average Bonchev–Trinajstić information content (AvgIpc) is 3.15. The van der Waals surface area contributed by atoms with Crippen molar-refractivity contribution in [3.63, 3.8) is 0 Å². The van der Waals surface area contributed by atoms with Crippen LogP contribution in [0.15, 0.2) is 12.2 Å². The molecule has 1 N–H and O–H groups in total. The summed E-state index contributed by atoms with van der Waals surface area (Å²) in [5.74, 6) is 2.87. The number of rotatable bonds is 4. The highest BCUT2D eigenvalue weighted by atomic mass is 16.7. The summed E-state index contributed by atoms with van der Waals surface area (Å²) >= 11 is 0. The first kappa shape index (κ1) is 20.9. The zero-order valence-electron chi connectivity index (χ0n) is 20.4. The SMILES string of the molecule is C=C(CC[C@]1(C)O[C@@H]2O[C@@H]3CC1[C@@]21CC[C@@H]2[C@@]4(C)CC[C@H](O)C[C@@H]4C[C@@H]4O[C@@]42[C@H]31)C(C)C. The standard InChI is InChI=1S/C28H42O4/c1-15(2)16(3)6-10-26(5)21-14-19-23-27(21,24(30-19)32-26)11-8-20-25(4)9-7-18(29)12-17(25)13-22-28(20,23)31-22/h15,17-24,29H,3,6-14H2,1-2,4-5H3/t17-,18+,19-,20-,21?,22+,23-,24+,25+,26+,27-,28-/m1/s1. The predicted octanol–water partition coefficient (Wildman–Crippen LogP) is 5.23. The molecule has 0 aromatic rings. The first-order chi connectivity index (χ1) is 15.1. The minimum absolute atomic E-state index is 0.0239. The van der Waals surface area contributed by atoms with Crippen molar-refractivity contribution < 1.29 is 19.3 Å². The van der Waals surface area contributed by atoms with Crippen LogP contribution in [0.25, 0.3) is 0 Å². The van der Waals surface area contributed by atoms with Gasteiger partial charge in [0.2, 0.25) is 0 Å². The van der Waals surface area contributed by atoms with Crippen LogP contribution in [0.1, 0.15) is 85.5 Å². The van der Waals surface area contributed by atoms with Gasteiger partial charge in [-0.15, -0.1) is 0 Å². The van der Waals surface area contributed by atoms with Crippen molar-refractivity contribution >= 4 is 0 Å². The van der Waals surface area contributed by atoms with Gasteiger partial charge in [-0.05, 0) is 87.9 Å². The Bertz CT molecular complexity index is 854. The number of hydrogen-bond acceptors (Lipinski definition) is 4. The van der Waals surface area contributed by atoms with E-state index in [4.69, 9.17) is 14.2 Å². The van der Waals surface area contributed by atoms with Crippen molar-refractivity contribution in [3.8, 4) is 0 Å². The highest BCUT2D eigenvalue weighted by Crippen LogP contribution is 2.81. The largest absolute Gasteiger partial charge is 0.393 e. The molecular formula is C28H42O4. The number of fused-ring (bicyclic) bond motifs is 2. The number of aliphatic hydroxyl groups excluding tert-OH is 1. The van der Waals surface area contributed by atoms with Crippen molar-refractivity contribution in [1.82, 2.24) is 0 Å². The maximum absolute atomic E-state index is 10.4. The maximum atomic E-state index is 10.4. The van der Waals surface area contributed by atoms with Crippen molar-refractivity contribution in [1.29, 1.82) is 0 Å². The van der Waals surface area contributed by atoms with Gasteiger partial charge in [0.15, 0.2) is 6.29 Å². The van der Waals surface area contributed by atoms with E-state index in [-0.39, 0.29) is 29.0 Å². The zero-order valence-corrected chi connectivity index (χ0v) is 20.4. The van der Waals surface area contributed by atoms with Crippen molar-refractivity contribution in [2.75, 3.05) is 0 Å². The summed E-state index contributed by atoms with van der Waals surface area (Å²) in [6, 6.07) is 0. The van der Waals surface area contributed by atoms with Crippen LogP contribution in [0.3, 0.4) is 0 Å². The molecule has 4 aliphatic carbocycles. The minimum Gasteiger partial charge on any atom is -0.393 e. The zero-order chi connectivity index (χ0) is 22.3. The van der Waals surface area contributed by atoms with Crippen LogP contribution in [-0.4, -0.2) is 40.9 Å². The molecule has 2 bridgehead atoms. The average molecular weight is 443 g/mol. The summed E-state index contributed by atoms with van der Waals surface area (Å²) in [7, 11) is 0. The van der Waals surface area contributed by atoms with Gasteiger partial charge < -0.3 is 19.3 Å². The Balaban J connectivity index is 1.21. The second kappa shape index (κ2) is 6.22. The molecule has 178 valence electrons. The third kappa shape index (κ3) is 2.25. The third-order valence-corrected chi connectivity index (χ3v) is 12.2. The number of allylic oxidation sites excluding steroid dienone is 1. The lowest BCUT2D eigenvalue weighted by atomic mass is 9.44. The van der Waals surface area contributed by atoms with Gasteiger partial charge in [0, 0.05) is 17.3 Å². The monoisotopic (exact) mass is 442 g/mol. The predicted molar refractivity (Wildman–Crippen MR) is 122 cm³/mol. The molecule has 0 aromatic carbocycles. The molecule has 2 spiro atoms. The Kier molecular flexibility index (Phi) is 4.07. The molecule has 7 fully saturated rings. The minimum atomic E-state index is -0.106. The van der Waals surface area contributed by atoms with Crippen LogP contribution in [0.4, 0.5) is 0 Å². The normalized spacial score (nSPS) is 61.2. The first-order valence-electron chi connectivity index (χ1n) is 13.5. The van der Waals surface area contributed by atoms with Gasteiger partial charge in [0.05, 0.1) is 23.9 Å². The lowest BCUT2D eigenvalue weighted by molar-refractivity contribution is -0.175. The van der Waals surface area contributed by atoms with Crippen LogP contribution >= 0.6 is 0 Å². The summed E-state index contributed by atoms with van der Waals surface area (Å²) in [5, 5.41) is 10.4. The van der Waals surface area contributed by atoms with Crippen LogP contribution in [-0.2, 0) is 14.2 Å². The molecule has 3 saturated heterocycles. The second-order valence-corrected chi connectivity index (χ2v) is 13.5. The van der Waals surface area contributed by atoms with E-state index in [0.29, 0.717) is 47.2 Å².